The highest BCUT2D eigenvalue weighted by Gasteiger charge is 2.60. The zero-order chi connectivity index (χ0) is 18.6. The first-order valence-electron chi connectivity index (χ1n) is 9.70. The second-order valence-electron chi connectivity index (χ2n) is 8.80. The highest BCUT2D eigenvalue weighted by atomic mass is 16.6. The van der Waals surface area contributed by atoms with Crippen molar-refractivity contribution < 1.29 is 19.1 Å². The van der Waals surface area contributed by atoms with Crippen molar-refractivity contribution in [3.05, 3.63) is 23.8 Å². The van der Waals surface area contributed by atoms with Crippen molar-refractivity contribution in [1.29, 1.82) is 0 Å². The molecule has 5 heteroatoms. The number of hydrogen-bond acceptors (Lipinski definition) is 4. The average Bonchev–Trinajstić information content (AvgIpc) is 2.90. The van der Waals surface area contributed by atoms with Gasteiger partial charge in [-0.15, -0.1) is 0 Å². The number of primary amides is 1. The lowest BCUT2D eigenvalue weighted by atomic mass is 9.51. The van der Waals surface area contributed by atoms with Crippen LogP contribution < -0.4 is 5.73 Å². The first-order chi connectivity index (χ1) is 12.3. The van der Waals surface area contributed by atoms with Crippen LogP contribution >= 0.6 is 0 Å². The van der Waals surface area contributed by atoms with Gasteiger partial charge in [0.25, 0.3) is 0 Å². The van der Waals surface area contributed by atoms with E-state index in [-0.39, 0.29) is 46.8 Å². The fourth-order valence-corrected chi connectivity index (χ4v) is 6.64. The minimum atomic E-state index is -0.750. The van der Waals surface area contributed by atoms with Gasteiger partial charge in [0.2, 0.25) is 0 Å². The topological polar surface area (TPSA) is 86.5 Å². The van der Waals surface area contributed by atoms with Gasteiger partial charge >= 0.3 is 6.09 Å². The van der Waals surface area contributed by atoms with Crippen LogP contribution in [0.3, 0.4) is 0 Å². The molecule has 4 aliphatic carbocycles. The van der Waals surface area contributed by atoms with Crippen LogP contribution in [0.15, 0.2) is 23.8 Å². The lowest BCUT2D eigenvalue weighted by Crippen LogP contribution is -2.54. The van der Waals surface area contributed by atoms with E-state index < -0.39 is 6.09 Å². The summed E-state index contributed by atoms with van der Waals surface area (Å²) < 4.78 is 5.62. The van der Waals surface area contributed by atoms with E-state index in [9.17, 15) is 14.4 Å². The van der Waals surface area contributed by atoms with Gasteiger partial charge in [-0.25, -0.2) is 4.79 Å². The van der Waals surface area contributed by atoms with Crippen molar-refractivity contribution in [3.8, 4) is 0 Å². The Bertz CT molecular complexity index is 724. The molecule has 0 aromatic carbocycles. The Morgan fingerprint density at radius 2 is 2.04 bits per heavy atom. The summed E-state index contributed by atoms with van der Waals surface area (Å²) in [5.41, 5.74) is 6.29. The van der Waals surface area contributed by atoms with Gasteiger partial charge in [0, 0.05) is 18.3 Å². The average molecular weight is 357 g/mol. The molecule has 0 aromatic rings. The second-order valence-corrected chi connectivity index (χ2v) is 8.80. The standard InChI is InChI=1S/C21H27NO4/c1-11(23)16-7-8-17-15-5-3-12-9-13(24)4-6-14(12)19(15)18(26-20(22)25)10-21(16,17)2/h3,5,9,14-19H,4,6-8,10H2,1-2H3,(H2,22,25). The van der Waals surface area contributed by atoms with Crippen LogP contribution in [0.5, 0.6) is 0 Å². The predicted octanol–water partition coefficient (Wildman–Crippen LogP) is 3.18. The van der Waals surface area contributed by atoms with Crippen LogP contribution in [0.2, 0.25) is 0 Å². The largest absolute Gasteiger partial charge is 0.446 e. The number of allylic oxidation sites excluding steroid dienone is 4. The molecule has 0 aliphatic heterocycles. The molecule has 0 bridgehead atoms. The van der Waals surface area contributed by atoms with E-state index in [1.165, 1.54) is 0 Å². The van der Waals surface area contributed by atoms with Crippen molar-refractivity contribution in [2.24, 2.45) is 40.7 Å². The van der Waals surface area contributed by atoms with E-state index in [1.54, 1.807) is 13.0 Å². The molecule has 4 aliphatic rings. The normalized spacial score (nSPS) is 43.8. The number of carbonyl (C=O) groups excluding carboxylic acids is 3. The zero-order valence-corrected chi connectivity index (χ0v) is 15.4. The van der Waals surface area contributed by atoms with E-state index in [4.69, 9.17) is 10.5 Å². The fourth-order valence-electron chi connectivity index (χ4n) is 6.64. The lowest BCUT2D eigenvalue weighted by Gasteiger charge is -2.54. The van der Waals surface area contributed by atoms with Crippen molar-refractivity contribution in [2.45, 2.75) is 52.1 Å². The third-order valence-electron chi connectivity index (χ3n) is 7.58. The van der Waals surface area contributed by atoms with Crippen LogP contribution in [0.1, 0.15) is 46.0 Å². The van der Waals surface area contributed by atoms with Crippen LogP contribution in [0, 0.1) is 35.0 Å². The number of rotatable bonds is 2. The van der Waals surface area contributed by atoms with Crippen LogP contribution in [-0.4, -0.2) is 23.8 Å². The fraction of sp³-hybridized carbons (Fsp3) is 0.667. The number of Topliss-reactive ketones (excluding diaryl/α,β-unsaturated/α-hetero) is 1. The third-order valence-corrected chi connectivity index (χ3v) is 7.58. The van der Waals surface area contributed by atoms with Crippen LogP contribution in [0.25, 0.3) is 0 Å². The molecule has 26 heavy (non-hydrogen) atoms. The molecule has 0 radical (unpaired) electrons. The highest BCUT2D eigenvalue weighted by molar-refractivity contribution is 5.92. The number of nitrogens with two attached hydrogens (primary N) is 1. The van der Waals surface area contributed by atoms with Crippen LogP contribution in [-0.2, 0) is 14.3 Å². The molecule has 2 N–H and O–H groups in total. The number of amides is 1. The molecule has 7 unspecified atom stereocenters. The Morgan fingerprint density at radius 1 is 1.27 bits per heavy atom. The lowest BCUT2D eigenvalue weighted by molar-refractivity contribution is -0.131. The molecule has 5 nitrogen and oxygen atoms in total. The summed E-state index contributed by atoms with van der Waals surface area (Å²) in [5, 5.41) is 0. The summed E-state index contributed by atoms with van der Waals surface area (Å²) in [5.74, 6) is 1.47. The predicted molar refractivity (Wildman–Crippen MR) is 96.0 cm³/mol. The molecule has 2 fully saturated rings. The number of ether oxygens (including phenoxy) is 1. The molecule has 1 amide bonds. The molecule has 7 atom stereocenters. The number of ketones is 2. The SMILES string of the molecule is CC(=O)C1CCC2C3C=CC4=CC(=O)CCC4C3C(OC(N)=O)CC12C. The summed E-state index contributed by atoms with van der Waals surface area (Å²) >= 11 is 0. The van der Waals surface area contributed by atoms with E-state index >= 15 is 0 Å². The highest BCUT2D eigenvalue weighted by Crippen LogP contribution is 2.63. The summed E-state index contributed by atoms with van der Waals surface area (Å²) in [6.07, 6.45) is 8.96. The maximum atomic E-state index is 12.3. The van der Waals surface area contributed by atoms with E-state index in [1.807, 2.05) is 0 Å². The molecule has 0 saturated heterocycles. The summed E-state index contributed by atoms with van der Waals surface area (Å²) in [4.78, 5) is 35.7. The Balaban J connectivity index is 1.76. The first-order valence-corrected chi connectivity index (χ1v) is 9.70. The number of fused-ring (bicyclic) bond motifs is 5. The maximum absolute atomic E-state index is 12.3. The van der Waals surface area contributed by atoms with Crippen molar-refractivity contribution >= 4 is 17.7 Å². The molecule has 0 spiro atoms. The van der Waals surface area contributed by atoms with Gasteiger partial charge in [0.05, 0.1) is 0 Å². The van der Waals surface area contributed by atoms with Crippen molar-refractivity contribution in [3.63, 3.8) is 0 Å². The summed E-state index contributed by atoms with van der Waals surface area (Å²) in [7, 11) is 0. The molecule has 2 saturated carbocycles. The summed E-state index contributed by atoms with van der Waals surface area (Å²) in [6, 6.07) is 0. The quantitative estimate of drug-likeness (QED) is 0.822. The van der Waals surface area contributed by atoms with E-state index in [2.05, 4.69) is 19.1 Å². The maximum Gasteiger partial charge on any atom is 0.404 e. The minimum Gasteiger partial charge on any atom is -0.446 e. The molecule has 0 aromatic heterocycles. The molecule has 4 rings (SSSR count). The zero-order valence-electron chi connectivity index (χ0n) is 15.4. The van der Waals surface area contributed by atoms with Gasteiger partial charge in [-0.2, -0.15) is 0 Å². The Labute approximate surface area is 154 Å². The van der Waals surface area contributed by atoms with Crippen LogP contribution in [0.4, 0.5) is 4.79 Å². The Hall–Kier alpha value is -1.91. The van der Waals surface area contributed by atoms with Gasteiger partial charge in [-0.1, -0.05) is 19.1 Å². The third kappa shape index (κ3) is 2.55. The Morgan fingerprint density at radius 3 is 2.73 bits per heavy atom. The molecular formula is C21H27NO4. The Kier molecular flexibility index (Phi) is 4.08. The summed E-state index contributed by atoms with van der Waals surface area (Å²) in [6.45, 7) is 3.87. The van der Waals surface area contributed by atoms with E-state index in [0.29, 0.717) is 18.8 Å². The minimum absolute atomic E-state index is 0.0192. The number of hydrogen-bond donors (Lipinski definition) is 1. The van der Waals surface area contributed by atoms with Crippen molar-refractivity contribution in [2.75, 3.05) is 0 Å². The first kappa shape index (κ1) is 17.5. The molecule has 140 valence electrons. The van der Waals surface area contributed by atoms with Crippen molar-refractivity contribution in [1.82, 2.24) is 0 Å². The van der Waals surface area contributed by atoms with E-state index in [0.717, 1.165) is 24.8 Å². The smallest absolute Gasteiger partial charge is 0.404 e. The van der Waals surface area contributed by atoms with Gasteiger partial charge in [-0.05, 0) is 67.4 Å². The van der Waals surface area contributed by atoms with Gasteiger partial charge < -0.3 is 10.5 Å². The second kappa shape index (κ2) is 6.07. The molecule has 0 heterocycles. The van der Waals surface area contributed by atoms with Gasteiger partial charge in [-0.3, -0.25) is 9.59 Å². The molecular weight excluding hydrogens is 330 g/mol. The number of carbonyl (C=O) groups is 3. The van der Waals surface area contributed by atoms with Gasteiger partial charge in [0.15, 0.2) is 5.78 Å². The monoisotopic (exact) mass is 357 g/mol. The van der Waals surface area contributed by atoms with Gasteiger partial charge in [0.1, 0.15) is 11.9 Å².